The van der Waals surface area contributed by atoms with Gasteiger partial charge >= 0.3 is 5.97 Å². The lowest BCUT2D eigenvalue weighted by atomic mass is 9.94. The Balaban J connectivity index is 1.79. The first-order valence-corrected chi connectivity index (χ1v) is 14.0. The van der Waals surface area contributed by atoms with Crippen molar-refractivity contribution < 1.29 is 23.8 Å². The first kappa shape index (κ1) is 28.8. The van der Waals surface area contributed by atoms with Gasteiger partial charge in [-0.15, -0.1) is 0 Å². The number of carbonyl (C=O) groups excluding carboxylic acids is 2. The highest BCUT2D eigenvalue weighted by Crippen LogP contribution is 2.36. The number of thiazole rings is 1. The molecule has 0 fully saturated rings. The van der Waals surface area contributed by atoms with E-state index < -0.39 is 12.0 Å². The number of aromatic nitrogens is 1. The van der Waals surface area contributed by atoms with Crippen molar-refractivity contribution in [1.82, 2.24) is 9.47 Å². The molecule has 0 saturated heterocycles. The summed E-state index contributed by atoms with van der Waals surface area (Å²) in [7, 11) is 1.57. The van der Waals surface area contributed by atoms with Crippen LogP contribution in [-0.4, -0.2) is 54.8 Å². The number of amides is 1. The molecule has 0 saturated carbocycles. The van der Waals surface area contributed by atoms with Gasteiger partial charge < -0.3 is 19.1 Å². The van der Waals surface area contributed by atoms with Crippen LogP contribution in [0, 0.1) is 0 Å². The number of benzene rings is 2. The molecule has 1 amide bonds. The molecule has 1 aliphatic heterocycles. The lowest BCUT2D eigenvalue weighted by Gasteiger charge is -2.29. The number of nitrogens with zero attached hydrogens (tertiary/aromatic N) is 3. The number of para-hydroxylation sites is 1. The zero-order valence-electron chi connectivity index (χ0n) is 23.3. The Bertz CT molecular complexity index is 1600. The van der Waals surface area contributed by atoms with Gasteiger partial charge in [-0.25, -0.2) is 9.79 Å². The molecule has 4 rings (SSSR count). The Morgan fingerprint density at radius 1 is 1.07 bits per heavy atom. The van der Waals surface area contributed by atoms with Crippen LogP contribution in [0.1, 0.15) is 44.9 Å². The SMILES string of the molecule is CCOC(=O)COc1ccc(/C=c2/sc3n(c2=O)[C@H](c2ccccc2OC)C(C(=O)N(CC)CC)=C(C)N=3)cc1. The van der Waals surface area contributed by atoms with Crippen LogP contribution < -0.4 is 24.4 Å². The molecule has 3 aromatic rings. The molecular weight excluding hydrogens is 530 g/mol. The zero-order valence-corrected chi connectivity index (χ0v) is 24.1. The van der Waals surface area contributed by atoms with Gasteiger partial charge in [-0.3, -0.25) is 14.2 Å². The van der Waals surface area contributed by atoms with E-state index in [1.165, 1.54) is 11.3 Å². The summed E-state index contributed by atoms with van der Waals surface area (Å²) in [5.74, 6) is 0.499. The van der Waals surface area contributed by atoms with Crippen molar-refractivity contribution in [3.63, 3.8) is 0 Å². The summed E-state index contributed by atoms with van der Waals surface area (Å²) in [4.78, 5) is 46.2. The lowest BCUT2D eigenvalue weighted by molar-refractivity contribution is -0.145. The first-order chi connectivity index (χ1) is 19.3. The Morgan fingerprint density at radius 2 is 1.77 bits per heavy atom. The van der Waals surface area contributed by atoms with Crippen LogP contribution >= 0.6 is 11.3 Å². The molecule has 1 aromatic heterocycles. The van der Waals surface area contributed by atoms with Crippen molar-refractivity contribution in [2.75, 3.05) is 33.4 Å². The average Bonchev–Trinajstić information content (AvgIpc) is 3.26. The Hall–Kier alpha value is -4.18. The third-order valence-corrected chi connectivity index (χ3v) is 7.56. The molecule has 0 bridgehead atoms. The van der Waals surface area contributed by atoms with Gasteiger partial charge in [-0.05, 0) is 57.5 Å². The number of rotatable bonds is 10. The summed E-state index contributed by atoms with van der Waals surface area (Å²) in [5.41, 5.74) is 2.27. The number of fused-ring (bicyclic) bond motifs is 1. The highest BCUT2D eigenvalue weighted by atomic mass is 32.1. The van der Waals surface area contributed by atoms with Gasteiger partial charge in [0.05, 0.1) is 29.5 Å². The van der Waals surface area contributed by atoms with Crippen LogP contribution in [0.25, 0.3) is 6.08 Å². The van der Waals surface area contributed by atoms with Gasteiger partial charge in [0.1, 0.15) is 17.5 Å². The number of ether oxygens (including phenoxy) is 3. The maximum absolute atomic E-state index is 13.9. The number of esters is 1. The molecule has 2 heterocycles. The van der Waals surface area contributed by atoms with Gasteiger partial charge in [0.15, 0.2) is 11.4 Å². The molecule has 0 unspecified atom stereocenters. The molecule has 0 aliphatic carbocycles. The van der Waals surface area contributed by atoms with Gasteiger partial charge in [-0.2, -0.15) is 0 Å². The van der Waals surface area contributed by atoms with E-state index in [2.05, 4.69) is 0 Å². The number of likely N-dealkylation sites (N-methyl/N-ethyl adjacent to an activating group) is 1. The van der Waals surface area contributed by atoms with Crippen molar-refractivity contribution in [3.8, 4) is 11.5 Å². The van der Waals surface area contributed by atoms with Crippen molar-refractivity contribution in [1.29, 1.82) is 0 Å². The summed E-state index contributed by atoms with van der Waals surface area (Å²) in [6.45, 7) is 8.59. The quantitative estimate of drug-likeness (QED) is 0.352. The van der Waals surface area contributed by atoms with E-state index in [9.17, 15) is 14.4 Å². The molecule has 9 nitrogen and oxygen atoms in total. The minimum atomic E-state index is -0.693. The van der Waals surface area contributed by atoms with Crippen LogP contribution in [0.5, 0.6) is 11.5 Å². The number of hydrogen-bond donors (Lipinski definition) is 0. The lowest BCUT2D eigenvalue weighted by Crippen LogP contribution is -2.43. The van der Waals surface area contributed by atoms with Crippen LogP contribution in [-0.2, 0) is 14.3 Å². The monoisotopic (exact) mass is 563 g/mol. The molecular formula is C30H33N3O6S. The number of allylic oxidation sites excluding steroid dienone is 1. The Kier molecular flexibility index (Phi) is 9.21. The van der Waals surface area contributed by atoms with E-state index in [4.69, 9.17) is 19.2 Å². The Morgan fingerprint density at radius 3 is 2.42 bits per heavy atom. The summed E-state index contributed by atoms with van der Waals surface area (Å²) in [6, 6.07) is 13.8. The van der Waals surface area contributed by atoms with E-state index in [0.717, 1.165) is 5.56 Å². The standard InChI is InChI=1S/C30H33N3O6S/c1-6-32(7-2)29(36)26-19(4)31-30-33(27(26)22-11-9-10-12-23(22)37-5)28(35)24(40-30)17-20-13-15-21(16-14-20)39-18-25(34)38-8-3/h9-17,27H,6-8,18H2,1-5H3/b24-17+/t27-/m1/s1. The molecule has 1 atom stereocenters. The van der Waals surface area contributed by atoms with Gasteiger partial charge in [0.25, 0.3) is 11.5 Å². The molecule has 210 valence electrons. The predicted octanol–water partition coefficient (Wildman–Crippen LogP) is 3.05. The summed E-state index contributed by atoms with van der Waals surface area (Å²) >= 11 is 1.27. The van der Waals surface area contributed by atoms with E-state index in [1.807, 2.05) is 45.0 Å². The number of hydrogen-bond acceptors (Lipinski definition) is 8. The fourth-order valence-corrected chi connectivity index (χ4v) is 5.67. The molecule has 0 spiro atoms. The smallest absolute Gasteiger partial charge is 0.344 e. The number of methoxy groups -OCH3 is 1. The summed E-state index contributed by atoms with van der Waals surface area (Å²) < 4.78 is 18.1. The molecule has 10 heteroatoms. The third kappa shape index (κ3) is 5.86. The van der Waals surface area contributed by atoms with E-state index in [-0.39, 0.29) is 18.1 Å². The van der Waals surface area contributed by atoms with Crippen molar-refractivity contribution in [2.45, 2.75) is 33.7 Å². The zero-order chi connectivity index (χ0) is 28.8. The van der Waals surface area contributed by atoms with Crippen molar-refractivity contribution in [2.24, 2.45) is 4.99 Å². The van der Waals surface area contributed by atoms with Crippen molar-refractivity contribution >= 4 is 29.3 Å². The van der Waals surface area contributed by atoms with Gasteiger partial charge in [0.2, 0.25) is 0 Å². The Labute approximate surface area is 236 Å². The van der Waals surface area contributed by atoms with Crippen LogP contribution in [0.15, 0.2) is 69.6 Å². The number of carbonyl (C=O) groups is 2. The average molecular weight is 564 g/mol. The molecule has 0 radical (unpaired) electrons. The molecule has 40 heavy (non-hydrogen) atoms. The largest absolute Gasteiger partial charge is 0.496 e. The first-order valence-electron chi connectivity index (χ1n) is 13.2. The second kappa shape index (κ2) is 12.8. The fourth-order valence-electron chi connectivity index (χ4n) is 4.62. The van der Waals surface area contributed by atoms with Gasteiger partial charge in [-0.1, -0.05) is 41.7 Å². The highest BCUT2D eigenvalue weighted by Gasteiger charge is 2.35. The van der Waals surface area contributed by atoms with Gasteiger partial charge in [0, 0.05) is 18.7 Å². The van der Waals surface area contributed by atoms with Crippen LogP contribution in [0.2, 0.25) is 0 Å². The molecule has 1 aliphatic rings. The van der Waals surface area contributed by atoms with E-state index in [0.29, 0.717) is 57.4 Å². The summed E-state index contributed by atoms with van der Waals surface area (Å²) in [6.07, 6.45) is 1.78. The topological polar surface area (TPSA) is 99.4 Å². The molecule has 2 aromatic carbocycles. The second-order valence-corrected chi connectivity index (χ2v) is 9.97. The predicted molar refractivity (Wildman–Crippen MR) is 153 cm³/mol. The second-order valence-electron chi connectivity index (χ2n) is 8.96. The minimum absolute atomic E-state index is 0.158. The molecule has 0 N–H and O–H groups in total. The normalized spacial score (nSPS) is 14.8. The van der Waals surface area contributed by atoms with Crippen LogP contribution in [0.3, 0.4) is 0 Å². The van der Waals surface area contributed by atoms with E-state index >= 15 is 0 Å². The maximum Gasteiger partial charge on any atom is 0.344 e. The fraction of sp³-hybridized carbons (Fsp3) is 0.333. The minimum Gasteiger partial charge on any atom is -0.496 e. The summed E-state index contributed by atoms with van der Waals surface area (Å²) in [5, 5.41) is 0. The van der Waals surface area contributed by atoms with Crippen molar-refractivity contribution in [3.05, 3.63) is 90.6 Å². The third-order valence-electron chi connectivity index (χ3n) is 6.58. The highest BCUT2D eigenvalue weighted by molar-refractivity contribution is 7.07. The maximum atomic E-state index is 13.9. The van der Waals surface area contributed by atoms with E-state index in [1.54, 1.807) is 53.8 Å². The van der Waals surface area contributed by atoms with Crippen LogP contribution in [0.4, 0.5) is 0 Å².